The molecular weight excluding hydrogens is 242 g/mol. The predicted octanol–water partition coefficient (Wildman–Crippen LogP) is 1.11. The summed E-state index contributed by atoms with van der Waals surface area (Å²) in [5, 5.41) is 19.5. The third-order valence-corrected chi connectivity index (χ3v) is 3.57. The van der Waals surface area contributed by atoms with Gasteiger partial charge >= 0.3 is 0 Å². The average Bonchev–Trinajstić information content (AvgIpc) is 2.94. The van der Waals surface area contributed by atoms with Crippen LogP contribution in [0, 0.1) is 6.92 Å². The molecule has 0 radical (unpaired) electrons. The Kier molecular flexibility index (Phi) is 2.83. The molecule has 3 rings (SSSR count). The van der Waals surface area contributed by atoms with Gasteiger partial charge in [-0.15, -0.1) is 0 Å². The van der Waals surface area contributed by atoms with Crippen LogP contribution in [0.1, 0.15) is 33.2 Å². The quantitative estimate of drug-likeness (QED) is 0.754. The van der Waals surface area contributed by atoms with Gasteiger partial charge in [-0.1, -0.05) is 24.3 Å². The molecule has 0 spiro atoms. The summed E-state index contributed by atoms with van der Waals surface area (Å²) in [4.78, 5) is 12.2. The summed E-state index contributed by atoms with van der Waals surface area (Å²) in [5.74, 6) is -0.216. The summed E-state index contributed by atoms with van der Waals surface area (Å²) in [6, 6.07) is 7.43. The number of hydrogen-bond donors (Lipinski definition) is 3. The molecule has 1 aliphatic carbocycles. The van der Waals surface area contributed by atoms with Crippen molar-refractivity contribution in [3.63, 3.8) is 0 Å². The molecule has 98 valence electrons. The van der Waals surface area contributed by atoms with Crippen molar-refractivity contribution in [3.05, 3.63) is 52.8 Å². The molecule has 1 aliphatic rings. The number of aryl methyl sites for hydroxylation is 1. The van der Waals surface area contributed by atoms with Crippen LogP contribution in [0.3, 0.4) is 0 Å². The van der Waals surface area contributed by atoms with Crippen molar-refractivity contribution in [2.24, 2.45) is 0 Å². The summed E-state index contributed by atoms with van der Waals surface area (Å²) in [7, 11) is 0. The lowest BCUT2D eigenvalue weighted by atomic mass is 10.1. The van der Waals surface area contributed by atoms with E-state index in [2.05, 4.69) is 15.5 Å². The topological polar surface area (TPSA) is 78.0 Å². The van der Waals surface area contributed by atoms with Crippen molar-refractivity contribution in [2.45, 2.75) is 25.5 Å². The Morgan fingerprint density at radius 1 is 1.47 bits per heavy atom. The fourth-order valence-corrected chi connectivity index (χ4v) is 2.55. The lowest BCUT2D eigenvalue weighted by molar-refractivity contribution is 0.0857. The van der Waals surface area contributed by atoms with Crippen molar-refractivity contribution < 1.29 is 9.90 Å². The molecule has 0 fully saturated rings. The first kappa shape index (κ1) is 11.9. The molecule has 2 aromatic rings. The second-order valence-corrected chi connectivity index (χ2v) is 4.83. The minimum Gasteiger partial charge on any atom is -0.390 e. The number of aromatic amines is 1. The predicted molar refractivity (Wildman–Crippen MR) is 69.7 cm³/mol. The molecule has 1 aromatic carbocycles. The second kappa shape index (κ2) is 4.51. The molecule has 3 N–H and O–H groups in total. The second-order valence-electron chi connectivity index (χ2n) is 4.83. The Balaban J connectivity index is 1.84. The fourth-order valence-electron chi connectivity index (χ4n) is 2.55. The monoisotopic (exact) mass is 257 g/mol. The van der Waals surface area contributed by atoms with Crippen LogP contribution in [0.4, 0.5) is 0 Å². The van der Waals surface area contributed by atoms with Gasteiger partial charge in [-0.3, -0.25) is 9.89 Å². The highest BCUT2D eigenvalue weighted by Gasteiger charge is 2.32. The standard InChI is InChI=1S/C14H15N3O2/c1-8-11(7-15-17-8)14(19)16-13-10-5-3-2-4-9(10)6-12(13)18/h2-5,7,12-13,18H,6H2,1H3,(H,15,17)(H,16,19)/t12-,13+/m0/s1. The molecule has 1 amide bonds. The average molecular weight is 257 g/mol. The first-order valence-corrected chi connectivity index (χ1v) is 6.23. The number of aliphatic hydroxyl groups is 1. The maximum absolute atomic E-state index is 12.2. The summed E-state index contributed by atoms with van der Waals surface area (Å²) >= 11 is 0. The number of H-pyrrole nitrogens is 1. The number of carbonyl (C=O) groups is 1. The highest BCUT2D eigenvalue weighted by molar-refractivity contribution is 5.95. The van der Waals surface area contributed by atoms with Crippen LogP contribution in [0.2, 0.25) is 0 Å². The van der Waals surface area contributed by atoms with Gasteiger partial charge in [0.05, 0.1) is 23.9 Å². The number of aromatic nitrogens is 2. The number of amides is 1. The van der Waals surface area contributed by atoms with Crippen LogP contribution in [0.15, 0.2) is 30.5 Å². The van der Waals surface area contributed by atoms with E-state index < -0.39 is 6.10 Å². The number of rotatable bonds is 2. The molecule has 0 bridgehead atoms. The molecule has 0 aliphatic heterocycles. The van der Waals surface area contributed by atoms with Gasteiger partial charge in [0.15, 0.2) is 0 Å². The summed E-state index contributed by atoms with van der Waals surface area (Å²) < 4.78 is 0. The van der Waals surface area contributed by atoms with Crippen molar-refractivity contribution >= 4 is 5.91 Å². The van der Waals surface area contributed by atoms with E-state index in [4.69, 9.17) is 0 Å². The van der Waals surface area contributed by atoms with Crippen molar-refractivity contribution in [1.29, 1.82) is 0 Å². The molecule has 0 saturated heterocycles. The van der Waals surface area contributed by atoms with E-state index in [9.17, 15) is 9.90 Å². The van der Waals surface area contributed by atoms with E-state index in [0.717, 1.165) is 16.8 Å². The SMILES string of the molecule is Cc1[nH]ncc1C(=O)N[C@@H]1c2ccccc2C[C@@H]1O. The molecule has 1 aromatic heterocycles. The van der Waals surface area contributed by atoms with Crippen molar-refractivity contribution in [2.75, 3.05) is 0 Å². The van der Waals surface area contributed by atoms with Crippen LogP contribution < -0.4 is 5.32 Å². The van der Waals surface area contributed by atoms with E-state index in [0.29, 0.717) is 12.0 Å². The lowest BCUT2D eigenvalue weighted by Crippen LogP contribution is -2.34. The van der Waals surface area contributed by atoms with Gasteiger partial charge in [-0.05, 0) is 18.1 Å². The van der Waals surface area contributed by atoms with Crippen LogP contribution in [0.5, 0.6) is 0 Å². The summed E-state index contributed by atoms with van der Waals surface area (Å²) in [6.45, 7) is 1.79. The maximum Gasteiger partial charge on any atom is 0.255 e. The van der Waals surface area contributed by atoms with Crippen LogP contribution in [0.25, 0.3) is 0 Å². The number of hydrogen-bond acceptors (Lipinski definition) is 3. The lowest BCUT2D eigenvalue weighted by Gasteiger charge is -2.17. The van der Waals surface area contributed by atoms with Gasteiger partial charge in [0.2, 0.25) is 0 Å². The number of benzene rings is 1. The molecule has 1 heterocycles. The zero-order valence-electron chi connectivity index (χ0n) is 10.6. The Bertz CT molecular complexity index is 621. The molecule has 19 heavy (non-hydrogen) atoms. The first-order valence-electron chi connectivity index (χ1n) is 6.23. The number of carbonyl (C=O) groups excluding carboxylic acids is 1. The number of nitrogens with zero attached hydrogens (tertiary/aromatic N) is 1. The number of nitrogens with one attached hydrogen (secondary N) is 2. The van der Waals surface area contributed by atoms with Crippen molar-refractivity contribution in [1.82, 2.24) is 15.5 Å². The van der Waals surface area contributed by atoms with Gasteiger partial charge in [0.25, 0.3) is 5.91 Å². The van der Waals surface area contributed by atoms with E-state index in [-0.39, 0.29) is 11.9 Å². The van der Waals surface area contributed by atoms with Crippen molar-refractivity contribution in [3.8, 4) is 0 Å². The van der Waals surface area contributed by atoms with Crippen LogP contribution >= 0.6 is 0 Å². The largest absolute Gasteiger partial charge is 0.390 e. The molecule has 5 nitrogen and oxygen atoms in total. The van der Waals surface area contributed by atoms with E-state index >= 15 is 0 Å². The highest BCUT2D eigenvalue weighted by atomic mass is 16.3. The van der Waals surface area contributed by atoms with Gasteiger partial charge in [0, 0.05) is 12.1 Å². The molecule has 5 heteroatoms. The van der Waals surface area contributed by atoms with Gasteiger partial charge < -0.3 is 10.4 Å². The number of aliphatic hydroxyl groups excluding tert-OH is 1. The summed E-state index contributed by atoms with van der Waals surface area (Å²) in [5.41, 5.74) is 3.31. The molecule has 0 saturated carbocycles. The van der Waals surface area contributed by atoms with Gasteiger partial charge in [-0.25, -0.2) is 0 Å². The highest BCUT2D eigenvalue weighted by Crippen LogP contribution is 2.31. The minimum absolute atomic E-state index is 0.216. The van der Waals surface area contributed by atoms with Crippen LogP contribution in [-0.4, -0.2) is 27.3 Å². The Hall–Kier alpha value is -2.14. The van der Waals surface area contributed by atoms with E-state index in [1.54, 1.807) is 6.92 Å². The number of fused-ring (bicyclic) bond motifs is 1. The zero-order valence-corrected chi connectivity index (χ0v) is 10.6. The zero-order chi connectivity index (χ0) is 13.4. The van der Waals surface area contributed by atoms with Gasteiger partial charge in [0.1, 0.15) is 0 Å². The summed E-state index contributed by atoms with van der Waals surface area (Å²) in [6.07, 6.45) is 1.50. The smallest absolute Gasteiger partial charge is 0.255 e. The normalized spacial score (nSPS) is 21.2. The third kappa shape index (κ3) is 2.02. The fraction of sp³-hybridized carbons (Fsp3) is 0.286. The van der Waals surface area contributed by atoms with Gasteiger partial charge in [-0.2, -0.15) is 5.10 Å². The Morgan fingerprint density at radius 3 is 3.00 bits per heavy atom. The van der Waals surface area contributed by atoms with E-state index in [1.807, 2.05) is 24.3 Å². The molecule has 2 atom stereocenters. The minimum atomic E-state index is -0.575. The third-order valence-electron chi connectivity index (χ3n) is 3.57. The molecule has 0 unspecified atom stereocenters. The molecular formula is C14H15N3O2. The van der Waals surface area contributed by atoms with Crippen LogP contribution in [-0.2, 0) is 6.42 Å². The first-order chi connectivity index (χ1) is 9.16. The Morgan fingerprint density at radius 2 is 2.26 bits per heavy atom. The van der Waals surface area contributed by atoms with E-state index in [1.165, 1.54) is 6.20 Å². The maximum atomic E-state index is 12.2. The Labute approximate surface area is 110 Å².